The summed E-state index contributed by atoms with van der Waals surface area (Å²) in [4.78, 5) is 0. The van der Waals surface area contributed by atoms with Crippen molar-refractivity contribution in [3.63, 3.8) is 0 Å². The highest BCUT2D eigenvalue weighted by molar-refractivity contribution is 5.34. The third-order valence-electron chi connectivity index (χ3n) is 3.17. The van der Waals surface area contributed by atoms with Gasteiger partial charge in [0.15, 0.2) is 0 Å². The van der Waals surface area contributed by atoms with Crippen LogP contribution in [0.5, 0.6) is 0 Å². The maximum absolute atomic E-state index is 13.1. The zero-order chi connectivity index (χ0) is 12.8. The van der Waals surface area contributed by atoms with E-state index < -0.39 is 5.82 Å². The van der Waals surface area contributed by atoms with Gasteiger partial charge in [0.1, 0.15) is 11.9 Å². The van der Waals surface area contributed by atoms with E-state index in [1.54, 1.807) is 12.1 Å². The van der Waals surface area contributed by atoms with Gasteiger partial charge in [0, 0.05) is 6.54 Å². The molecule has 1 aliphatic heterocycles. The fourth-order valence-corrected chi connectivity index (χ4v) is 2.16. The Balaban J connectivity index is 1.81. The summed E-state index contributed by atoms with van der Waals surface area (Å²) >= 11 is 0. The van der Waals surface area contributed by atoms with Gasteiger partial charge in [0.2, 0.25) is 0 Å². The molecule has 2 rings (SSSR count). The van der Waals surface area contributed by atoms with Crippen LogP contribution in [-0.4, -0.2) is 19.7 Å². The maximum atomic E-state index is 13.1. The fraction of sp³-hybridized carbons (Fsp3) is 0.500. The highest BCUT2D eigenvalue weighted by atomic mass is 19.1. The first-order valence-corrected chi connectivity index (χ1v) is 6.26. The second-order valence-electron chi connectivity index (χ2n) is 4.65. The predicted molar refractivity (Wildman–Crippen MR) is 66.4 cm³/mol. The zero-order valence-electron chi connectivity index (χ0n) is 10.3. The molecule has 0 aromatic heterocycles. The smallest absolute Gasteiger partial charge is 0.140 e. The lowest BCUT2D eigenvalue weighted by atomic mass is 10.0. The molecule has 0 radical (unpaired) electrons. The van der Waals surface area contributed by atoms with Crippen LogP contribution in [0.3, 0.4) is 0 Å². The number of rotatable bonds is 4. The molecule has 18 heavy (non-hydrogen) atoms. The number of benzene rings is 1. The minimum absolute atomic E-state index is 0.0791. The van der Waals surface area contributed by atoms with Gasteiger partial charge in [-0.3, -0.25) is 0 Å². The first-order valence-electron chi connectivity index (χ1n) is 6.26. The van der Waals surface area contributed by atoms with Crippen molar-refractivity contribution in [3.05, 3.63) is 35.1 Å². The van der Waals surface area contributed by atoms with Gasteiger partial charge in [-0.15, -0.1) is 0 Å². The van der Waals surface area contributed by atoms with Crippen LogP contribution in [0.25, 0.3) is 0 Å². The van der Waals surface area contributed by atoms with Gasteiger partial charge < -0.3 is 10.1 Å². The summed E-state index contributed by atoms with van der Waals surface area (Å²) in [6.45, 7) is 3.25. The maximum Gasteiger partial charge on any atom is 0.140 e. The van der Waals surface area contributed by atoms with Crippen LogP contribution in [0.1, 0.15) is 24.0 Å². The molecule has 0 spiro atoms. The van der Waals surface area contributed by atoms with Crippen LogP contribution in [0.2, 0.25) is 0 Å². The number of nitriles is 1. The summed E-state index contributed by atoms with van der Waals surface area (Å²) in [6, 6.07) is 6.37. The molecule has 1 heterocycles. The summed E-state index contributed by atoms with van der Waals surface area (Å²) in [5.41, 5.74) is 0.923. The second kappa shape index (κ2) is 6.48. The van der Waals surface area contributed by atoms with Crippen LogP contribution in [0.15, 0.2) is 18.2 Å². The molecular formula is C14H17FN2O. The van der Waals surface area contributed by atoms with Crippen molar-refractivity contribution in [3.8, 4) is 6.07 Å². The average molecular weight is 248 g/mol. The largest absolute Gasteiger partial charge is 0.376 e. The van der Waals surface area contributed by atoms with Crippen molar-refractivity contribution in [2.45, 2.75) is 19.4 Å². The lowest BCUT2D eigenvalue weighted by molar-refractivity contribution is 0.0782. The van der Waals surface area contributed by atoms with Gasteiger partial charge in [-0.05, 0) is 43.0 Å². The average Bonchev–Trinajstić information content (AvgIpc) is 2.42. The molecule has 1 saturated heterocycles. The van der Waals surface area contributed by atoms with Crippen LogP contribution < -0.4 is 5.32 Å². The third-order valence-corrected chi connectivity index (χ3v) is 3.17. The van der Waals surface area contributed by atoms with E-state index in [0.717, 1.165) is 18.7 Å². The van der Waals surface area contributed by atoms with Crippen molar-refractivity contribution in [2.24, 2.45) is 5.92 Å². The molecule has 4 heteroatoms. The second-order valence-corrected chi connectivity index (χ2v) is 4.65. The molecule has 1 aliphatic rings. The van der Waals surface area contributed by atoms with Crippen LogP contribution in [-0.2, 0) is 11.3 Å². The van der Waals surface area contributed by atoms with Crippen LogP contribution in [0, 0.1) is 23.1 Å². The van der Waals surface area contributed by atoms with E-state index in [0.29, 0.717) is 19.1 Å². The highest BCUT2D eigenvalue weighted by Gasteiger charge is 2.12. The Labute approximate surface area is 107 Å². The zero-order valence-corrected chi connectivity index (χ0v) is 10.3. The van der Waals surface area contributed by atoms with Crippen molar-refractivity contribution >= 4 is 0 Å². The fourth-order valence-electron chi connectivity index (χ4n) is 2.16. The Hall–Kier alpha value is -1.44. The third kappa shape index (κ3) is 3.52. The Morgan fingerprint density at radius 2 is 2.39 bits per heavy atom. The molecule has 1 N–H and O–H groups in total. The molecule has 0 saturated carbocycles. The highest BCUT2D eigenvalue weighted by Crippen LogP contribution is 2.13. The number of halogens is 1. The summed E-state index contributed by atoms with van der Waals surface area (Å²) in [5, 5.41) is 12.1. The lowest BCUT2D eigenvalue weighted by Crippen LogP contribution is -2.32. The summed E-state index contributed by atoms with van der Waals surface area (Å²) in [6.07, 6.45) is 2.39. The molecule has 1 fully saturated rings. The van der Waals surface area contributed by atoms with Gasteiger partial charge in [-0.25, -0.2) is 4.39 Å². The van der Waals surface area contributed by atoms with E-state index in [1.165, 1.54) is 18.9 Å². The van der Waals surface area contributed by atoms with E-state index in [2.05, 4.69) is 5.32 Å². The molecule has 0 bridgehead atoms. The van der Waals surface area contributed by atoms with E-state index in [-0.39, 0.29) is 5.56 Å². The topological polar surface area (TPSA) is 45.0 Å². The van der Waals surface area contributed by atoms with Crippen molar-refractivity contribution in [1.29, 1.82) is 5.26 Å². The molecule has 0 aliphatic carbocycles. The Morgan fingerprint density at radius 1 is 1.50 bits per heavy atom. The van der Waals surface area contributed by atoms with Gasteiger partial charge in [-0.1, -0.05) is 6.07 Å². The summed E-state index contributed by atoms with van der Waals surface area (Å²) in [5.74, 6) is 0.0902. The van der Waals surface area contributed by atoms with E-state index in [9.17, 15) is 4.39 Å². The molecule has 1 unspecified atom stereocenters. The van der Waals surface area contributed by atoms with Crippen molar-refractivity contribution in [2.75, 3.05) is 19.7 Å². The monoisotopic (exact) mass is 248 g/mol. The van der Waals surface area contributed by atoms with Gasteiger partial charge in [0.05, 0.1) is 18.8 Å². The normalized spacial score (nSPS) is 19.4. The number of piperidine rings is 1. The van der Waals surface area contributed by atoms with Crippen LogP contribution in [0.4, 0.5) is 4.39 Å². The molecular weight excluding hydrogens is 231 g/mol. The number of hydrogen-bond donors (Lipinski definition) is 1. The minimum atomic E-state index is -0.474. The molecule has 1 atom stereocenters. The molecule has 96 valence electrons. The molecule has 1 aromatic carbocycles. The predicted octanol–water partition coefficient (Wildman–Crippen LogP) is 2.21. The van der Waals surface area contributed by atoms with Crippen LogP contribution >= 0.6 is 0 Å². The van der Waals surface area contributed by atoms with E-state index >= 15 is 0 Å². The molecule has 0 amide bonds. The first kappa shape index (κ1) is 13.0. The minimum Gasteiger partial charge on any atom is -0.376 e. The number of nitrogens with zero attached hydrogens (tertiary/aromatic N) is 1. The Bertz CT molecular complexity index is 436. The van der Waals surface area contributed by atoms with Gasteiger partial charge in [0.25, 0.3) is 0 Å². The lowest BCUT2D eigenvalue weighted by Gasteiger charge is -2.22. The molecule has 1 aromatic rings. The summed E-state index contributed by atoms with van der Waals surface area (Å²) in [7, 11) is 0. The number of ether oxygens (including phenoxy) is 1. The van der Waals surface area contributed by atoms with E-state index in [4.69, 9.17) is 10.00 Å². The SMILES string of the molecule is N#Cc1cc(COCC2CCCNC2)ccc1F. The quantitative estimate of drug-likeness (QED) is 0.888. The standard InChI is InChI=1S/C14H17FN2O/c15-14-4-3-11(6-13(14)7-16)9-18-10-12-2-1-5-17-8-12/h3-4,6,12,17H,1-2,5,8-10H2. The summed E-state index contributed by atoms with van der Waals surface area (Å²) < 4.78 is 18.7. The van der Waals surface area contributed by atoms with Crippen molar-refractivity contribution < 1.29 is 9.13 Å². The van der Waals surface area contributed by atoms with Gasteiger partial charge >= 0.3 is 0 Å². The van der Waals surface area contributed by atoms with E-state index in [1.807, 2.05) is 6.07 Å². The number of nitrogens with one attached hydrogen (secondary N) is 1. The first-order chi connectivity index (χ1) is 8.79. The number of hydrogen-bond acceptors (Lipinski definition) is 3. The van der Waals surface area contributed by atoms with Crippen molar-refractivity contribution in [1.82, 2.24) is 5.32 Å². The Kier molecular flexibility index (Phi) is 4.68. The van der Waals surface area contributed by atoms with Gasteiger partial charge in [-0.2, -0.15) is 5.26 Å². The molecule has 3 nitrogen and oxygen atoms in total. The Morgan fingerprint density at radius 3 is 3.11 bits per heavy atom.